The van der Waals surface area contributed by atoms with Gasteiger partial charge in [0.1, 0.15) is 5.76 Å². The fraction of sp³-hybridized carbons (Fsp3) is 0.267. The van der Waals surface area contributed by atoms with E-state index in [-0.39, 0.29) is 11.9 Å². The summed E-state index contributed by atoms with van der Waals surface area (Å²) in [5.74, 6) is 0.673. The van der Waals surface area contributed by atoms with Crippen molar-refractivity contribution in [2.24, 2.45) is 0 Å². The molecule has 0 bridgehead atoms. The zero-order chi connectivity index (χ0) is 14.1. The quantitative estimate of drug-likeness (QED) is 0.879. The van der Waals surface area contributed by atoms with E-state index in [9.17, 15) is 4.79 Å². The van der Waals surface area contributed by atoms with Crippen LogP contribution in [0.5, 0.6) is 0 Å². The molecule has 1 aromatic heterocycles. The number of nitrogen functional groups attached to an aromatic ring is 1. The highest BCUT2D eigenvalue weighted by Crippen LogP contribution is 2.31. The van der Waals surface area contributed by atoms with Gasteiger partial charge in [0, 0.05) is 11.7 Å². The molecule has 3 rings (SSSR count). The van der Waals surface area contributed by atoms with Gasteiger partial charge in [0.15, 0.2) is 0 Å². The second kappa shape index (κ2) is 5.21. The van der Waals surface area contributed by atoms with Crippen LogP contribution >= 0.6 is 11.6 Å². The first-order valence-electron chi connectivity index (χ1n) is 6.53. The van der Waals surface area contributed by atoms with Gasteiger partial charge in [-0.3, -0.25) is 4.79 Å². The van der Waals surface area contributed by atoms with Crippen LogP contribution in [0.1, 0.15) is 29.0 Å². The number of anilines is 1. The highest BCUT2D eigenvalue weighted by atomic mass is 35.5. The number of nitrogens with zero attached hydrogens (tertiary/aromatic N) is 1. The van der Waals surface area contributed by atoms with Crippen molar-refractivity contribution in [2.75, 3.05) is 5.73 Å². The maximum atomic E-state index is 12.7. The molecule has 20 heavy (non-hydrogen) atoms. The fourth-order valence-corrected chi connectivity index (χ4v) is 2.38. The molecule has 1 aliphatic rings. The number of hydrogen-bond donors (Lipinski definition) is 1. The molecule has 2 aromatic rings. The van der Waals surface area contributed by atoms with Gasteiger partial charge in [0.2, 0.25) is 0 Å². The van der Waals surface area contributed by atoms with E-state index in [1.807, 2.05) is 12.1 Å². The summed E-state index contributed by atoms with van der Waals surface area (Å²) in [7, 11) is 0. The van der Waals surface area contributed by atoms with Crippen LogP contribution in [-0.2, 0) is 6.54 Å². The summed E-state index contributed by atoms with van der Waals surface area (Å²) < 4.78 is 5.33. The first-order valence-corrected chi connectivity index (χ1v) is 6.91. The van der Waals surface area contributed by atoms with E-state index in [0.717, 1.165) is 18.6 Å². The minimum absolute atomic E-state index is 0.0961. The van der Waals surface area contributed by atoms with Crippen molar-refractivity contribution in [3.05, 3.63) is 52.9 Å². The Bertz CT molecular complexity index is 621. The molecule has 0 atom stereocenters. The molecule has 0 unspecified atom stereocenters. The molecule has 0 aliphatic heterocycles. The molecule has 1 amide bonds. The summed E-state index contributed by atoms with van der Waals surface area (Å²) in [6.07, 6.45) is 3.65. The molecule has 0 saturated heterocycles. The van der Waals surface area contributed by atoms with Crippen molar-refractivity contribution in [3.8, 4) is 0 Å². The predicted molar refractivity (Wildman–Crippen MR) is 77.5 cm³/mol. The van der Waals surface area contributed by atoms with Gasteiger partial charge in [-0.2, -0.15) is 0 Å². The third-order valence-electron chi connectivity index (χ3n) is 3.38. The SMILES string of the molecule is Nc1ccc(Cl)c(C(=O)N(Cc2ccco2)C2CC2)c1. The molecule has 5 heteroatoms. The maximum absolute atomic E-state index is 12.7. The molecule has 1 heterocycles. The summed E-state index contributed by atoms with van der Waals surface area (Å²) in [5, 5.41) is 0.425. The number of benzene rings is 1. The molecule has 0 radical (unpaired) electrons. The van der Waals surface area contributed by atoms with Crippen LogP contribution in [-0.4, -0.2) is 16.8 Å². The molecular formula is C15H15ClN2O2. The third kappa shape index (κ3) is 2.65. The largest absolute Gasteiger partial charge is 0.467 e. The Hall–Kier alpha value is -1.94. The van der Waals surface area contributed by atoms with E-state index in [1.54, 1.807) is 29.4 Å². The lowest BCUT2D eigenvalue weighted by Crippen LogP contribution is -2.32. The van der Waals surface area contributed by atoms with E-state index < -0.39 is 0 Å². The van der Waals surface area contributed by atoms with Crippen LogP contribution in [0.25, 0.3) is 0 Å². The smallest absolute Gasteiger partial charge is 0.256 e. The molecule has 1 fully saturated rings. The molecule has 104 valence electrons. The van der Waals surface area contributed by atoms with Gasteiger partial charge < -0.3 is 15.1 Å². The third-order valence-corrected chi connectivity index (χ3v) is 3.71. The highest BCUT2D eigenvalue weighted by molar-refractivity contribution is 6.34. The molecule has 1 aromatic carbocycles. The second-order valence-corrected chi connectivity index (χ2v) is 5.39. The minimum atomic E-state index is -0.0961. The zero-order valence-corrected chi connectivity index (χ0v) is 11.6. The first-order chi connectivity index (χ1) is 9.65. The van der Waals surface area contributed by atoms with Gasteiger partial charge in [0.05, 0.1) is 23.4 Å². The number of rotatable bonds is 4. The monoisotopic (exact) mass is 290 g/mol. The van der Waals surface area contributed by atoms with Crippen molar-refractivity contribution in [1.29, 1.82) is 0 Å². The summed E-state index contributed by atoms with van der Waals surface area (Å²) in [4.78, 5) is 14.5. The Balaban J connectivity index is 1.87. The van der Waals surface area contributed by atoms with Gasteiger partial charge in [-0.1, -0.05) is 11.6 Å². The second-order valence-electron chi connectivity index (χ2n) is 4.98. The van der Waals surface area contributed by atoms with Gasteiger partial charge in [0.25, 0.3) is 5.91 Å². The standard InChI is InChI=1S/C15H15ClN2O2/c16-14-6-3-10(17)8-13(14)15(19)18(11-4-5-11)9-12-2-1-7-20-12/h1-3,6-8,11H,4-5,9,17H2. The van der Waals surface area contributed by atoms with E-state index in [0.29, 0.717) is 22.8 Å². The summed E-state index contributed by atoms with van der Waals surface area (Å²) in [6.45, 7) is 0.460. The zero-order valence-electron chi connectivity index (χ0n) is 10.9. The summed E-state index contributed by atoms with van der Waals surface area (Å²) in [5.41, 5.74) is 6.73. The van der Waals surface area contributed by atoms with Gasteiger partial charge >= 0.3 is 0 Å². The van der Waals surface area contributed by atoms with E-state index in [4.69, 9.17) is 21.8 Å². The van der Waals surface area contributed by atoms with Crippen LogP contribution in [0.15, 0.2) is 41.0 Å². The van der Waals surface area contributed by atoms with Crippen LogP contribution < -0.4 is 5.73 Å². The van der Waals surface area contributed by atoms with Gasteiger partial charge in [-0.15, -0.1) is 0 Å². The molecular weight excluding hydrogens is 276 g/mol. The average molecular weight is 291 g/mol. The Morgan fingerprint density at radius 2 is 2.20 bits per heavy atom. The van der Waals surface area contributed by atoms with Crippen LogP contribution in [0.2, 0.25) is 5.02 Å². The minimum Gasteiger partial charge on any atom is -0.467 e. The molecule has 1 saturated carbocycles. The fourth-order valence-electron chi connectivity index (χ4n) is 2.18. The van der Waals surface area contributed by atoms with E-state index >= 15 is 0 Å². The number of amides is 1. The average Bonchev–Trinajstić information content (AvgIpc) is 3.15. The molecule has 2 N–H and O–H groups in total. The Morgan fingerprint density at radius 3 is 2.85 bits per heavy atom. The predicted octanol–water partition coefficient (Wildman–Crippen LogP) is 3.32. The number of carbonyl (C=O) groups excluding carboxylic acids is 1. The van der Waals surface area contributed by atoms with Crippen LogP contribution in [0.4, 0.5) is 5.69 Å². The van der Waals surface area contributed by atoms with Crippen molar-refractivity contribution in [2.45, 2.75) is 25.4 Å². The van der Waals surface area contributed by atoms with Crippen molar-refractivity contribution in [1.82, 2.24) is 4.90 Å². The van der Waals surface area contributed by atoms with Gasteiger partial charge in [-0.25, -0.2) is 0 Å². The number of nitrogens with two attached hydrogens (primary N) is 1. The van der Waals surface area contributed by atoms with E-state index in [2.05, 4.69) is 0 Å². The summed E-state index contributed by atoms with van der Waals surface area (Å²) >= 11 is 6.12. The van der Waals surface area contributed by atoms with Crippen molar-refractivity contribution in [3.63, 3.8) is 0 Å². The lowest BCUT2D eigenvalue weighted by molar-refractivity contribution is 0.0718. The highest BCUT2D eigenvalue weighted by Gasteiger charge is 2.34. The Kier molecular flexibility index (Phi) is 3.40. The van der Waals surface area contributed by atoms with Crippen LogP contribution in [0, 0.1) is 0 Å². The molecule has 0 spiro atoms. The molecule has 1 aliphatic carbocycles. The Morgan fingerprint density at radius 1 is 1.40 bits per heavy atom. The van der Waals surface area contributed by atoms with Crippen molar-refractivity contribution >= 4 is 23.2 Å². The number of furan rings is 1. The van der Waals surface area contributed by atoms with Crippen molar-refractivity contribution < 1.29 is 9.21 Å². The van der Waals surface area contributed by atoms with Gasteiger partial charge in [-0.05, 0) is 43.2 Å². The lowest BCUT2D eigenvalue weighted by atomic mass is 10.1. The first kappa shape index (κ1) is 13.1. The normalized spacial score (nSPS) is 14.2. The summed E-state index contributed by atoms with van der Waals surface area (Å²) in [6, 6.07) is 8.92. The number of hydrogen-bond acceptors (Lipinski definition) is 3. The topological polar surface area (TPSA) is 59.5 Å². The number of halogens is 1. The number of carbonyl (C=O) groups is 1. The Labute approximate surface area is 122 Å². The molecule has 4 nitrogen and oxygen atoms in total. The van der Waals surface area contributed by atoms with Crippen LogP contribution in [0.3, 0.4) is 0 Å². The maximum Gasteiger partial charge on any atom is 0.256 e. The lowest BCUT2D eigenvalue weighted by Gasteiger charge is -2.22. The van der Waals surface area contributed by atoms with E-state index in [1.165, 1.54) is 0 Å².